The smallest absolute Gasteiger partial charge is 0.255 e. The molecule has 2 aromatic carbocycles. The fourth-order valence-electron chi connectivity index (χ4n) is 6.63. The molecule has 0 aliphatic heterocycles. The van der Waals surface area contributed by atoms with Crippen molar-refractivity contribution in [2.45, 2.75) is 30.9 Å². The van der Waals surface area contributed by atoms with E-state index in [9.17, 15) is 39.9 Å². The lowest BCUT2D eigenvalue weighted by atomic mass is 9.57. The van der Waals surface area contributed by atoms with Gasteiger partial charge in [-0.05, 0) is 62.5 Å². The van der Waals surface area contributed by atoms with Crippen molar-refractivity contribution in [2.75, 3.05) is 21.2 Å². The summed E-state index contributed by atoms with van der Waals surface area (Å²) in [5.74, 6) is -6.58. The maximum atomic E-state index is 13.9. The first kappa shape index (κ1) is 28.9. The van der Waals surface area contributed by atoms with Gasteiger partial charge >= 0.3 is 0 Å². The number of allylic oxidation sites excluding steroid dienone is 1. The Labute approximate surface area is 241 Å². The highest BCUT2D eigenvalue weighted by atomic mass is 16.5. The lowest BCUT2D eigenvalue weighted by Crippen LogP contribution is -2.65. The Morgan fingerprint density at radius 1 is 1.14 bits per heavy atom. The van der Waals surface area contributed by atoms with Crippen molar-refractivity contribution in [2.24, 2.45) is 17.6 Å². The van der Waals surface area contributed by atoms with Gasteiger partial charge in [0.15, 0.2) is 22.9 Å². The molecule has 0 radical (unpaired) electrons. The van der Waals surface area contributed by atoms with Crippen LogP contribution in [0.2, 0.25) is 0 Å². The van der Waals surface area contributed by atoms with Crippen LogP contribution in [0.5, 0.6) is 17.2 Å². The summed E-state index contributed by atoms with van der Waals surface area (Å²) >= 11 is 0. The number of ketones is 2. The Balaban J connectivity index is 1.59. The number of benzene rings is 2. The highest BCUT2D eigenvalue weighted by Gasteiger charge is 2.64. The first-order chi connectivity index (χ1) is 19.8. The van der Waals surface area contributed by atoms with Gasteiger partial charge in [0.25, 0.3) is 5.91 Å². The maximum absolute atomic E-state index is 13.9. The van der Waals surface area contributed by atoms with E-state index in [4.69, 9.17) is 10.5 Å². The molecule has 1 amide bonds. The summed E-state index contributed by atoms with van der Waals surface area (Å²) in [6.07, 6.45) is 4.10. The number of carbonyl (C=O) groups excluding carboxylic acids is 3. The van der Waals surface area contributed by atoms with Gasteiger partial charge in [-0.3, -0.25) is 19.3 Å². The van der Waals surface area contributed by atoms with Crippen LogP contribution in [0.25, 0.3) is 11.8 Å². The lowest BCUT2D eigenvalue weighted by Gasteiger charge is -2.50. The molecule has 42 heavy (non-hydrogen) atoms. The molecule has 0 bridgehead atoms. The number of likely N-dealkylation sites (N-methyl/N-ethyl adjacent to an activating group) is 1. The van der Waals surface area contributed by atoms with Gasteiger partial charge in [-0.15, -0.1) is 0 Å². The van der Waals surface area contributed by atoms with Crippen molar-refractivity contribution in [3.05, 3.63) is 75.6 Å². The normalized spacial score (nSPS) is 25.5. The van der Waals surface area contributed by atoms with E-state index in [0.717, 1.165) is 0 Å². The molecule has 3 aliphatic carbocycles. The van der Waals surface area contributed by atoms with Crippen LogP contribution in [0.3, 0.4) is 0 Å². The van der Waals surface area contributed by atoms with Gasteiger partial charge in [0.05, 0.1) is 18.7 Å². The van der Waals surface area contributed by atoms with Crippen molar-refractivity contribution in [3.63, 3.8) is 0 Å². The minimum absolute atomic E-state index is 0.00224. The zero-order chi connectivity index (χ0) is 30.7. The number of carbonyl (C=O) groups is 3. The molecule has 1 saturated carbocycles. The average Bonchev–Trinajstić information content (AvgIpc) is 2.92. The number of aliphatic hydroxyl groups excluding tert-OH is 2. The molecule has 4 atom stereocenters. The molecule has 11 heteroatoms. The number of para-hydroxylation sites is 1. The molecule has 5 rings (SSSR count). The number of Topliss-reactive ketones (excluding diaryl/α,β-unsaturated/α-hetero) is 2. The fourth-order valence-corrected chi connectivity index (χ4v) is 6.63. The van der Waals surface area contributed by atoms with Crippen molar-refractivity contribution in [3.8, 4) is 17.2 Å². The number of fused-ring (bicyclic) bond motifs is 3. The summed E-state index contributed by atoms with van der Waals surface area (Å²) in [7, 11) is 4.56. The van der Waals surface area contributed by atoms with E-state index in [1.807, 2.05) is 0 Å². The SMILES string of the molecule is COc1cccc(C/C=C\c2ccc(O)c3c2C[C@H]2C[C@H]4[C@H](N(C)C)C(=O)C(C(N)=O)=C(O)[C@@]4(O)C(=O)C2=C3O)c1O. The van der Waals surface area contributed by atoms with Crippen LogP contribution in [0, 0.1) is 11.8 Å². The third-order valence-corrected chi connectivity index (χ3v) is 8.58. The number of aromatic hydroxyl groups is 2. The van der Waals surface area contributed by atoms with E-state index in [-0.39, 0.29) is 35.5 Å². The number of ether oxygens (including phenoxy) is 1. The highest BCUT2D eigenvalue weighted by molar-refractivity contribution is 6.24. The van der Waals surface area contributed by atoms with E-state index in [1.54, 1.807) is 50.5 Å². The minimum Gasteiger partial charge on any atom is -0.508 e. The van der Waals surface area contributed by atoms with Crippen LogP contribution in [0.15, 0.2) is 53.3 Å². The number of rotatable bonds is 6. The number of methoxy groups -OCH3 is 1. The van der Waals surface area contributed by atoms with Crippen molar-refractivity contribution in [1.29, 1.82) is 0 Å². The highest BCUT2D eigenvalue weighted by Crippen LogP contribution is 2.53. The van der Waals surface area contributed by atoms with Gasteiger partial charge in [0.2, 0.25) is 5.78 Å². The number of hydrogen-bond donors (Lipinski definition) is 6. The molecule has 0 saturated heterocycles. The molecule has 3 aliphatic rings. The summed E-state index contributed by atoms with van der Waals surface area (Å²) in [6, 6.07) is 7.03. The number of phenolic OH excluding ortho intramolecular Hbond substituents is 2. The van der Waals surface area contributed by atoms with Crippen LogP contribution in [0.4, 0.5) is 0 Å². The number of nitrogens with zero attached hydrogens (tertiary/aromatic N) is 1. The summed E-state index contributed by atoms with van der Waals surface area (Å²) in [5, 5.41) is 55.1. The number of aliphatic hydroxyl groups is 3. The topological polar surface area (TPSA) is 191 Å². The molecule has 7 N–H and O–H groups in total. The lowest BCUT2D eigenvalue weighted by molar-refractivity contribution is -0.153. The van der Waals surface area contributed by atoms with Gasteiger partial charge in [0.1, 0.15) is 22.8 Å². The third-order valence-electron chi connectivity index (χ3n) is 8.58. The molecule has 0 unspecified atom stereocenters. The van der Waals surface area contributed by atoms with Gasteiger partial charge in [-0.25, -0.2) is 0 Å². The molecular formula is C31H32N2O9. The Hall–Kier alpha value is -4.61. The Morgan fingerprint density at radius 2 is 1.86 bits per heavy atom. The fraction of sp³-hybridized carbons (Fsp3) is 0.323. The average molecular weight is 577 g/mol. The number of nitrogens with two attached hydrogens (primary N) is 1. The second-order valence-corrected chi connectivity index (χ2v) is 11.1. The van der Waals surface area contributed by atoms with Gasteiger partial charge in [-0.1, -0.05) is 30.4 Å². The zero-order valence-corrected chi connectivity index (χ0v) is 23.3. The summed E-state index contributed by atoms with van der Waals surface area (Å²) in [4.78, 5) is 40.7. The predicted molar refractivity (Wildman–Crippen MR) is 152 cm³/mol. The molecular weight excluding hydrogens is 544 g/mol. The molecule has 11 nitrogen and oxygen atoms in total. The Bertz CT molecular complexity index is 1620. The monoisotopic (exact) mass is 576 g/mol. The van der Waals surface area contributed by atoms with E-state index in [0.29, 0.717) is 28.9 Å². The van der Waals surface area contributed by atoms with E-state index in [1.165, 1.54) is 18.1 Å². The molecule has 220 valence electrons. The second kappa shape index (κ2) is 10.3. The van der Waals surface area contributed by atoms with Gasteiger partial charge < -0.3 is 36.0 Å². The van der Waals surface area contributed by atoms with E-state index >= 15 is 0 Å². The van der Waals surface area contributed by atoms with Crippen LogP contribution < -0.4 is 10.5 Å². The number of amides is 1. The Kier molecular flexibility index (Phi) is 7.12. The largest absolute Gasteiger partial charge is 0.508 e. The van der Waals surface area contributed by atoms with E-state index < -0.39 is 58.0 Å². The summed E-state index contributed by atoms with van der Waals surface area (Å²) in [6.45, 7) is 0. The van der Waals surface area contributed by atoms with Crippen molar-refractivity contribution < 1.29 is 44.7 Å². The number of hydrogen-bond acceptors (Lipinski definition) is 10. The quantitative estimate of drug-likeness (QED) is 0.277. The Morgan fingerprint density at radius 3 is 2.50 bits per heavy atom. The first-order valence-electron chi connectivity index (χ1n) is 13.4. The number of primary amides is 1. The maximum Gasteiger partial charge on any atom is 0.255 e. The van der Waals surface area contributed by atoms with Gasteiger partial charge in [-0.2, -0.15) is 0 Å². The second-order valence-electron chi connectivity index (χ2n) is 11.1. The van der Waals surface area contributed by atoms with Gasteiger partial charge in [0, 0.05) is 17.1 Å². The van der Waals surface area contributed by atoms with Crippen LogP contribution >= 0.6 is 0 Å². The summed E-state index contributed by atoms with van der Waals surface area (Å²) < 4.78 is 5.16. The zero-order valence-electron chi connectivity index (χ0n) is 23.3. The van der Waals surface area contributed by atoms with Crippen LogP contribution in [-0.2, 0) is 27.2 Å². The standard InChI is InChI=1S/C31H32N2O9/c1-33(2)24-18-13-16-12-17-14(6-4-7-15-8-5-9-20(42-3)25(15)35)10-11-19(34)22(17)26(36)21(16)28(38)31(18,41)29(39)23(27(24)37)30(32)40/h4-6,8-11,16,18,24,34-36,39,41H,7,12-13H2,1-3H3,(H2,32,40)/b6-4-/t16-,18-,24-,31-/m0/s1. The molecule has 0 heterocycles. The predicted octanol–water partition coefficient (Wildman–Crippen LogP) is 1.93. The van der Waals surface area contributed by atoms with E-state index in [2.05, 4.69) is 0 Å². The minimum atomic E-state index is -2.68. The molecule has 2 aromatic rings. The third kappa shape index (κ3) is 4.15. The summed E-state index contributed by atoms with van der Waals surface area (Å²) in [5.41, 5.74) is 3.44. The van der Waals surface area contributed by atoms with Crippen molar-refractivity contribution >= 4 is 29.3 Å². The van der Waals surface area contributed by atoms with Crippen LogP contribution in [0.1, 0.15) is 28.7 Å². The van der Waals surface area contributed by atoms with Crippen LogP contribution in [-0.4, -0.2) is 80.8 Å². The first-order valence-corrected chi connectivity index (χ1v) is 13.4. The number of phenols is 2. The molecule has 0 aromatic heterocycles. The molecule has 0 spiro atoms. The van der Waals surface area contributed by atoms with Crippen molar-refractivity contribution in [1.82, 2.24) is 4.90 Å². The molecule has 1 fully saturated rings.